The summed E-state index contributed by atoms with van der Waals surface area (Å²) in [6.45, 7) is 6.22. The molecule has 0 fully saturated rings. The summed E-state index contributed by atoms with van der Waals surface area (Å²) in [6.07, 6.45) is -3.06. The molecule has 0 aliphatic carbocycles. The fraction of sp³-hybridized carbons (Fsp3) is 0.556. The summed E-state index contributed by atoms with van der Waals surface area (Å²) in [6, 6.07) is 0. The lowest BCUT2D eigenvalue weighted by Gasteiger charge is -2.10. The van der Waals surface area contributed by atoms with Crippen molar-refractivity contribution < 1.29 is 13.2 Å². The Morgan fingerprint density at radius 2 is 1.42 bits per heavy atom. The van der Waals surface area contributed by atoms with Crippen LogP contribution in [0.4, 0.5) is 13.2 Å². The quantitative estimate of drug-likeness (QED) is 0.535. The van der Waals surface area contributed by atoms with Crippen LogP contribution in [-0.2, 0) is 0 Å². The molecule has 0 amide bonds. The molecule has 0 spiro atoms. The third-order valence-electron chi connectivity index (χ3n) is 1.28. The van der Waals surface area contributed by atoms with Crippen molar-refractivity contribution in [2.45, 2.75) is 33.9 Å². The first-order valence-electron chi connectivity index (χ1n) is 3.64. The summed E-state index contributed by atoms with van der Waals surface area (Å²) in [4.78, 5) is 0. The van der Waals surface area contributed by atoms with Gasteiger partial charge in [-0.15, -0.1) is 0 Å². The highest BCUT2D eigenvalue weighted by Crippen LogP contribution is 2.29. The Morgan fingerprint density at radius 3 is 1.50 bits per heavy atom. The zero-order valence-electron chi connectivity index (χ0n) is 7.71. The normalized spacial score (nSPS) is 10.9. The monoisotopic (exact) mass is 178 g/mol. The molecule has 0 bridgehead atoms. The summed E-state index contributed by atoms with van der Waals surface area (Å²) >= 11 is 0. The molecule has 0 aromatic rings. The standard InChI is InChI=1S/C9H13F3/c1-6(2)5-8(7(3)4)9(10,11)12/h5H,1-4H3. The molecule has 0 heterocycles. The molecule has 0 saturated carbocycles. The predicted molar refractivity (Wildman–Crippen MR) is 43.9 cm³/mol. The highest BCUT2D eigenvalue weighted by molar-refractivity contribution is 5.30. The molecular formula is C9H13F3. The number of alkyl halides is 3. The van der Waals surface area contributed by atoms with E-state index in [1.165, 1.54) is 13.8 Å². The van der Waals surface area contributed by atoms with Gasteiger partial charge in [-0.05, 0) is 27.7 Å². The average Bonchev–Trinajstić information content (AvgIpc) is 1.79. The Hall–Kier alpha value is -0.730. The SMILES string of the molecule is CC(C)=CC(=C(C)C)C(F)(F)F. The van der Waals surface area contributed by atoms with E-state index in [1.807, 2.05) is 0 Å². The Bertz CT molecular complexity index is 210. The minimum Gasteiger partial charge on any atom is -0.166 e. The highest BCUT2D eigenvalue weighted by Gasteiger charge is 2.32. The second-order valence-electron chi connectivity index (χ2n) is 3.13. The number of hydrogen-bond acceptors (Lipinski definition) is 0. The molecule has 0 rings (SSSR count). The Kier molecular flexibility index (Phi) is 3.55. The number of halogens is 3. The van der Waals surface area contributed by atoms with Crippen LogP contribution in [0, 0.1) is 0 Å². The number of allylic oxidation sites excluding steroid dienone is 4. The van der Waals surface area contributed by atoms with Crippen molar-refractivity contribution >= 4 is 0 Å². The topological polar surface area (TPSA) is 0 Å². The maximum atomic E-state index is 12.2. The van der Waals surface area contributed by atoms with Gasteiger partial charge in [0, 0.05) is 0 Å². The van der Waals surface area contributed by atoms with Crippen LogP contribution in [0.2, 0.25) is 0 Å². The molecule has 12 heavy (non-hydrogen) atoms. The first-order chi connectivity index (χ1) is 5.25. The van der Waals surface area contributed by atoms with Gasteiger partial charge in [-0.2, -0.15) is 13.2 Å². The highest BCUT2D eigenvalue weighted by atomic mass is 19.4. The summed E-state index contributed by atoms with van der Waals surface area (Å²) < 4.78 is 36.7. The van der Waals surface area contributed by atoms with Gasteiger partial charge in [0.15, 0.2) is 0 Å². The maximum Gasteiger partial charge on any atom is 0.416 e. The molecule has 0 nitrogen and oxygen atoms in total. The van der Waals surface area contributed by atoms with Gasteiger partial charge in [0.05, 0.1) is 5.57 Å². The lowest BCUT2D eigenvalue weighted by atomic mass is 10.1. The van der Waals surface area contributed by atoms with Crippen molar-refractivity contribution in [2.75, 3.05) is 0 Å². The molecule has 0 radical (unpaired) electrons. The summed E-state index contributed by atoms with van der Waals surface area (Å²) in [5.41, 5.74) is 0.412. The Labute approximate surface area is 70.8 Å². The zero-order chi connectivity index (χ0) is 9.94. The zero-order valence-corrected chi connectivity index (χ0v) is 7.71. The van der Waals surface area contributed by atoms with Crippen LogP contribution < -0.4 is 0 Å². The van der Waals surface area contributed by atoms with E-state index >= 15 is 0 Å². The van der Waals surface area contributed by atoms with E-state index in [2.05, 4.69) is 0 Å². The largest absolute Gasteiger partial charge is 0.416 e. The lowest BCUT2D eigenvalue weighted by molar-refractivity contribution is -0.0890. The molecule has 0 aliphatic heterocycles. The van der Waals surface area contributed by atoms with Gasteiger partial charge in [-0.25, -0.2) is 0 Å². The predicted octanol–water partition coefficient (Wildman–Crippen LogP) is 3.85. The smallest absolute Gasteiger partial charge is 0.166 e. The van der Waals surface area contributed by atoms with Crippen LogP contribution in [0.15, 0.2) is 22.8 Å². The Balaban J connectivity index is 4.99. The molecule has 0 atom stereocenters. The molecule has 70 valence electrons. The first-order valence-corrected chi connectivity index (χ1v) is 3.64. The van der Waals surface area contributed by atoms with Gasteiger partial charge < -0.3 is 0 Å². The van der Waals surface area contributed by atoms with Gasteiger partial charge in [-0.3, -0.25) is 0 Å². The van der Waals surface area contributed by atoms with Gasteiger partial charge in [-0.1, -0.05) is 17.2 Å². The minimum atomic E-state index is -4.23. The third-order valence-corrected chi connectivity index (χ3v) is 1.28. The Morgan fingerprint density at radius 1 is 1.00 bits per heavy atom. The van der Waals surface area contributed by atoms with Crippen LogP contribution in [0.5, 0.6) is 0 Å². The molecule has 0 saturated heterocycles. The first kappa shape index (κ1) is 11.3. The lowest BCUT2D eigenvalue weighted by Crippen LogP contribution is -2.11. The van der Waals surface area contributed by atoms with Gasteiger partial charge in [0.2, 0.25) is 0 Å². The number of rotatable bonds is 1. The van der Waals surface area contributed by atoms with Crippen LogP contribution in [-0.4, -0.2) is 6.18 Å². The molecule has 0 aromatic carbocycles. The molecule has 3 heteroatoms. The van der Waals surface area contributed by atoms with Crippen molar-refractivity contribution in [3.8, 4) is 0 Å². The van der Waals surface area contributed by atoms with Crippen molar-refractivity contribution in [1.29, 1.82) is 0 Å². The fourth-order valence-corrected chi connectivity index (χ4v) is 0.798. The van der Waals surface area contributed by atoms with E-state index in [0.717, 1.165) is 6.08 Å². The molecule has 0 aromatic heterocycles. The van der Waals surface area contributed by atoms with E-state index in [9.17, 15) is 13.2 Å². The maximum absolute atomic E-state index is 12.2. The molecular weight excluding hydrogens is 165 g/mol. The third kappa shape index (κ3) is 3.60. The van der Waals surface area contributed by atoms with Crippen molar-refractivity contribution in [1.82, 2.24) is 0 Å². The van der Waals surface area contributed by atoms with Crippen molar-refractivity contribution in [3.05, 3.63) is 22.8 Å². The average molecular weight is 178 g/mol. The molecule has 0 aliphatic rings. The van der Waals surface area contributed by atoms with Gasteiger partial charge >= 0.3 is 6.18 Å². The second-order valence-corrected chi connectivity index (χ2v) is 3.13. The van der Waals surface area contributed by atoms with E-state index in [1.54, 1.807) is 13.8 Å². The molecule has 0 unspecified atom stereocenters. The summed E-state index contributed by atoms with van der Waals surface area (Å²) in [7, 11) is 0. The summed E-state index contributed by atoms with van der Waals surface area (Å²) in [5.74, 6) is 0. The van der Waals surface area contributed by atoms with Gasteiger partial charge in [0.25, 0.3) is 0 Å². The number of hydrogen-bond donors (Lipinski definition) is 0. The van der Waals surface area contributed by atoms with Crippen molar-refractivity contribution in [3.63, 3.8) is 0 Å². The van der Waals surface area contributed by atoms with Crippen LogP contribution >= 0.6 is 0 Å². The fourth-order valence-electron chi connectivity index (χ4n) is 0.798. The van der Waals surface area contributed by atoms with Crippen LogP contribution in [0.1, 0.15) is 27.7 Å². The van der Waals surface area contributed by atoms with Crippen LogP contribution in [0.3, 0.4) is 0 Å². The second kappa shape index (κ2) is 3.78. The minimum absolute atomic E-state index is 0.295. The molecule has 0 N–H and O–H groups in total. The van der Waals surface area contributed by atoms with E-state index < -0.39 is 11.7 Å². The van der Waals surface area contributed by atoms with Crippen LogP contribution in [0.25, 0.3) is 0 Å². The van der Waals surface area contributed by atoms with Crippen molar-refractivity contribution in [2.24, 2.45) is 0 Å². The van der Waals surface area contributed by atoms with E-state index in [4.69, 9.17) is 0 Å². The van der Waals surface area contributed by atoms with E-state index in [-0.39, 0.29) is 0 Å². The summed E-state index contributed by atoms with van der Waals surface area (Å²) in [5, 5.41) is 0. The van der Waals surface area contributed by atoms with Gasteiger partial charge in [0.1, 0.15) is 0 Å². The van der Waals surface area contributed by atoms with E-state index in [0.29, 0.717) is 11.1 Å².